The third-order valence-electron chi connectivity index (χ3n) is 2.08. The molecule has 2 aromatic rings. The van der Waals surface area contributed by atoms with Crippen LogP contribution in [0.1, 0.15) is 18.1 Å². The van der Waals surface area contributed by atoms with Crippen LogP contribution in [0.25, 0.3) is 5.52 Å². The topological polar surface area (TPSA) is 30.2 Å². The van der Waals surface area contributed by atoms with Gasteiger partial charge in [-0.1, -0.05) is 6.92 Å². The van der Waals surface area contributed by atoms with Gasteiger partial charge in [0, 0.05) is 6.20 Å². The Hall–Kier alpha value is -1.38. The van der Waals surface area contributed by atoms with E-state index < -0.39 is 0 Å². The van der Waals surface area contributed by atoms with Gasteiger partial charge in [-0.15, -0.1) is 0 Å². The third kappa shape index (κ3) is 0.897. The summed E-state index contributed by atoms with van der Waals surface area (Å²) in [5.41, 5.74) is 3.65. The summed E-state index contributed by atoms with van der Waals surface area (Å²) in [6.45, 7) is 4.21. The van der Waals surface area contributed by atoms with Crippen molar-refractivity contribution in [2.24, 2.45) is 0 Å². The first-order valence-electron chi connectivity index (χ1n) is 4.11. The number of aromatic nitrogens is 3. The highest BCUT2D eigenvalue weighted by Gasteiger charge is 2.03. The maximum absolute atomic E-state index is 4.16. The van der Waals surface area contributed by atoms with E-state index in [1.807, 2.05) is 12.3 Å². The largest absolute Gasteiger partial charge is 0.159 e. The van der Waals surface area contributed by atoms with Crippen molar-refractivity contribution in [3.8, 4) is 0 Å². The van der Waals surface area contributed by atoms with E-state index in [-0.39, 0.29) is 0 Å². The van der Waals surface area contributed by atoms with Gasteiger partial charge >= 0.3 is 0 Å². The molecule has 0 fully saturated rings. The summed E-state index contributed by atoms with van der Waals surface area (Å²) in [6, 6.07) is 2.01. The summed E-state index contributed by atoms with van der Waals surface area (Å²) >= 11 is 0. The van der Waals surface area contributed by atoms with Gasteiger partial charge in [-0.2, -0.15) is 14.8 Å². The molecule has 0 aliphatic heterocycles. The summed E-state index contributed by atoms with van der Waals surface area (Å²) in [7, 11) is 0. The molecule has 0 aliphatic rings. The lowest BCUT2D eigenvalue weighted by Crippen LogP contribution is -1.94. The fourth-order valence-electron chi connectivity index (χ4n) is 1.42. The SMILES string of the molecule is CCc1cnn2nccc(C)c12. The minimum atomic E-state index is 1.01. The quantitative estimate of drug-likeness (QED) is 0.636. The summed E-state index contributed by atoms with van der Waals surface area (Å²) in [5.74, 6) is 0. The molecule has 12 heavy (non-hydrogen) atoms. The predicted molar refractivity (Wildman–Crippen MR) is 47.1 cm³/mol. The van der Waals surface area contributed by atoms with Crippen molar-refractivity contribution in [1.82, 2.24) is 14.8 Å². The summed E-state index contributed by atoms with van der Waals surface area (Å²) in [6.07, 6.45) is 4.67. The molecule has 2 heterocycles. The molecule has 0 radical (unpaired) electrons. The minimum absolute atomic E-state index is 1.01. The molecule has 3 heteroatoms. The Morgan fingerprint density at radius 3 is 3.00 bits per heavy atom. The standard InChI is InChI=1S/C9H11N3/c1-3-8-6-11-12-9(8)7(2)4-5-10-12/h4-6H,3H2,1-2H3. The highest BCUT2D eigenvalue weighted by molar-refractivity contribution is 5.58. The average molecular weight is 161 g/mol. The molecule has 0 aliphatic carbocycles. The van der Waals surface area contributed by atoms with Gasteiger partial charge in [0.15, 0.2) is 0 Å². The lowest BCUT2D eigenvalue weighted by Gasteiger charge is -1.97. The second-order valence-electron chi connectivity index (χ2n) is 2.88. The van der Waals surface area contributed by atoms with Gasteiger partial charge in [0.25, 0.3) is 0 Å². The van der Waals surface area contributed by atoms with Gasteiger partial charge in [-0.25, -0.2) is 0 Å². The van der Waals surface area contributed by atoms with Crippen molar-refractivity contribution in [2.75, 3.05) is 0 Å². The first-order chi connectivity index (χ1) is 5.83. The van der Waals surface area contributed by atoms with Crippen LogP contribution in [0.5, 0.6) is 0 Å². The number of hydrogen-bond donors (Lipinski definition) is 0. The molecule has 0 N–H and O–H groups in total. The van der Waals surface area contributed by atoms with Crippen molar-refractivity contribution in [3.63, 3.8) is 0 Å². The van der Waals surface area contributed by atoms with Gasteiger partial charge in [0.2, 0.25) is 0 Å². The maximum Gasteiger partial charge on any atom is 0.0934 e. The first-order valence-corrected chi connectivity index (χ1v) is 4.11. The van der Waals surface area contributed by atoms with E-state index in [4.69, 9.17) is 0 Å². The zero-order valence-corrected chi connectivity index (χ0v) is 7.28. The van der Waals surface area contributed by atoms with E-state index in [1.165, 1.54) is 11.1 Å². The van der Waals surface area contributed by atoms with Crippen molar-refractivity contribution in [3.05, 3.63) is 29.6 Å². The Bertz CT molecular complexity index is 403. The Morgan fingerprint density at radius 2 is 2.25 bits per heavy atom. The second kappa shape index (κ2) is 2.59. The molecular weight excluding hydrogens is 150 g/mol. The molecule has 0 amide bonds. The normalized spacial score (nSPS) is 10.8. The van der Waals surface area contributed by atoms with Crippen molar-refractivity contribution >= 4 is 5.52 Å². The van der Waals surface area contributed by atoms with Gasteiger partial charge < -0.3 is 0 Å². The highest BCUT2D eigenvalue weighted by atomic mass is 15.4. The van der Waals surface area contributed by atoms with E-state index >= 15 is 0 Å². The molecule has 0 bridgehead atoms. The van der Waals surface area contributed by atoms with Crippen molar-refractivity contribution in [2.45, 2.75) is 20.3 Å². The average Bonchev–Trinajstić information content (AvgIpc) is 2.49. The molecule has 2 aromatic heterocycles. The van der Waals surface area contributed by atoms with E-state index in [0.29, 0.717) is 0 Å². The van der Waals surface area contributed by atoms with Gasteiger partial charge in [-0.05, 0) is 30.5 Å². The number of hydrogen-bond acceptors (Lipinski definition) is 2. The molecule has 0 atom stereocenters. The zero-order valence-electron chi connectivity index (χ0n) is 7.28. The van der Waals surface area contributed by atoms with Crippen LogP contribution in [0, 0.1) is 6.92 Å². The fraction of sp³-hybridized carbons (Fsp3) is 0.333. The Labute approximate surface area is 71.0 Å². The summed E-state index contributed by atoms with van der Waals surface area (Å²) < 4.78 is 1.69. The van der Waals surface area contributed by atoms with Gasteiger partial charge in [0.05, 0.1) is 11.7 Å². The van der Waals surface area contributed by atoms with E-state index in [1.54, 1.807) is 10.8 Å². The minimum Gasteiger partial charge on any atom is -0.159 e. The van der Waals surface area contributed by atoms with Crippen LogP contribution in [0.3, 0.4) is 0 Å². The summed E-state index contributed by atoms with van der Waals surface area (Å²) in [4.78, 5) is 0. The third-order valence-corrected chi connectivity index (χ3v) is 2.08. The monoisotopic (exact) mass is 161 g/mol. The van der Waals surface area contributed by atoms with Crippen LogP contribution in [0.15, 0.2) is 18.5 Å². The summed E-state index contributed by atoms with van der Waals surface area (Å²) in [5, 5.41) is 8.27. The van der Waals surface area contributed by atoms with E-state index in [9.17, 15) is 0 Å². The molecule has 0 saturated heterocycles. The number of nitrogens with zero attached hydrogens (tertiary/aromatic N) is 3. The zero-order chi connectivity index (χ0) is 8.55. The lowest BCUT2D eigenvalue weighted by atomic mass is 10.1. The van der Waals surface area contributed by atoms with Crippen LogP contribution < -0.4 is 0 Å². The van der Waals surface area contributed by atoms with Crippen LogP contribution in [-0.4, -0.2) is 14.8 Å². The number of aryl methyl sites for hydroxylation is 2. The van der Waals surface area contributed by atoms with Crippen LogP contribution >= 0.6 is 0 Å². The molecule has 0 spiro atoms. The Kier molecular flexibility index (Phi) is 1.57. The van der Waals surface area contributed by atoms with Crippen molar-refractivity contribution < 1.29 is 0 Å². The Morgan fingerprint density at radius 1 is 1.42 bits per heavy atom. The van der Waals surface area contributed by atoms with Crippen molar-refractivity contribution in [1.29, 1.82) is 0 Å². The number of rotatable bonds is 1. The van der Waals surface area contributed by atoms with Crippen LogP contribution in [-0.2, 0) is 6.42 Å². The highest BCUT2D eigenvalue weighted by Crippen LogP contribution is 2.13. The molecule has 3 nitrogen and oxygen atoms in total. The maximum atomic E-state index is 4.16. The van der Waals surface area contributed by atoms with Crippen LogP contribution in [0.4, 0.5) is 0 Å². The van der Waals surface area contributed by atoms with E-state index in [0.717, 1.165) is 11.9 Å². The van der Waals surface area contributed by atoms with E-state index in [2.05, 4.69) is 24.0 Å². The molecular formula is C9H11N3. The molecule has 62 valence electrons. The molecule has 0 aromatic carbocycles. The smallest absolute Gasteiger partial charge is 0.0934 e. The second-order valence-corrected chi connectivity index (χ2v) is 2.88. The first kappa shape index (κ1) is 7.28. The fourth-order valence-corrected chi connectivity index (χ4v) is 1.42. The molecule has 2 rings (SSSR count). The lowest BCUT2D eigenvalue weighted by molar-refractivity contribution is 0.796. The van der Waals surface area contributed by atoms with Gasteiger partial charge in [0.1, 0.15) is 0 Å². The predicted octanol–water partition coefficient (Wildman–Crippen LogP) is 1.60. The number of fused-ring (bicyclic) bond motifs is 1. The van der Waals surface area contributed by atoms with Crippen LogP contribution in [0.2, 0.25) is 0 Å². The van der Waals surface area contributed by atoms with Gasteiger partial charge in [-0.3, -0.25) is 0 Å². The molecule has 0 unspecified atom stereocenters. The Balaban J connectivity index is 2.83. The molecule has 0 saturated carbocycles.